The first-order chi connectivity index (χ1) is 11.0. The molecule has 0 fully saturated rings. The number of hydrogen-bond acceptors (Lipinski definition) is 5. The molecule has 1 rings (SSSR count). The molecule has 1 aromatic carbocycles. The zero-order chi connectivity index (χ0) is 18.5. The van der Waals surface area contributed by atoms with Crippen LogP contribution in [0.1, 0.15) is 25.8 Å². The lowest BCUT2D eigenvalue weighted by Crippen LogP contribution is -2.67. The number of alkyl halides is 2. The van der Waals surface area contributed by atoms with Gasteiger partial charge in [0.25, 0.3) is 5.91 Å². The smallest absolute Gasteiger partial charge is 0.365 e. The molecule has 6 nitrogen and oxygen atoms in total. The highest BCUT2D eigenvalue weighted by Gasteiger charge is 2.61. The SMILES string of the molecule is CC(C)CC(C(=O)OCc1ccccc1)C(N)(O)C(F)(F)C(N)=O. The molecule has 8 heteroatoms. The number of carbonyl (C=O) groups is 2. The van der Waals surface area contributed by atoms with E-state index in [4.69, 9.17) is 10.5 Å². The van der Waals surface area contributed by atoms with Crippen molar-refractivity contribution in [2.45, 2.75) is 38.5 Å². The summed E-state index contributed by atoms with van der Waals surface area (Å²) in [6, 6.07) is 8.55. The van der Waals surface area contributed by atoms with Gasteiger partial charge in [-0.2, -0.15) is 8.78 Å². The van der Waals surface area contributed by atoms with E-state index < -0.39 is 29.4 Å². The number of nitrogens with two attached hydrogens (primary N) is 2. The van der Waals surface area contributed by atoms with E-state index in [1.165, 1.54) is 0 Å². The van der Waals surface area contributed by atoms with Gasteiger partial charge in [-0.15, -0.1) is 0 Å². The second-order valence-corrected chi connectivity index (χ2v) is 6.04. The van der Waals surface area contributed by atoms with Crippen molar-refractivity contribution < 1.29 is 28.2 Å². The van der Waals surface area contributed by atoms with Crippen molar-refractivity contribution in [1.82, 2.24) is 0 Å². The molecule has 134 valence electrons. The molecule has 0 heterocycles. The highest BCUT2D eigenvalue weighted by Crippen LogP contribution is 2.35. The number of hydrogen-bond donors (Lipinski definition) is 3. The van der Waals surface area contributed by atoms with Gasteiger partial charge in [0.15, 0.2) is 0 Å². The molecule has 0 saturated carbocycles. The Morgan fingerprint density at radius 1 is 1.25 bits per heavy atom. The minimum absolute atomic E-state index is 0.174. The lowest BCUT2D eigenvalue weighted by atomic mass is 9.83. The molecule has 0 radical (unpaired) electrons. The van der Waals surface area contributed by atoms with Gasteiger partial charge in [0.2, 0.25) is 5.72 Å². The second kappa shape index (κ2) is 7.67. The van der Waals surface area contributed by atoms with E-state index >= 15 is 0 Å². The monoisotopic (exact) mass is 344 g/mol. The van der Waals surface area contributed by atoms with E-state index in [0.717, 1.165) is 0 Å². The topological polar surface area (TPSA) is 116 Å². The molecule has 1 amide bonds. The number of halogens is 2. The van der Waals surface area contributed by atoms with Gasteiger partial charge in [-0.25, -0.2) is 0 Å². The third-order valence-corrected chi connectivity index (χ3v) is 3.56. The lowest BCUT2D eigenvalue weighted by molar-refractivity contribution is -0.214. The molecule has 0 spiro atoms. The number of carbonyl (C=O) groups excluding carboxylic acids is 2. The van der Waals surface area contributed by atoms with Crippen molar-refractivity contribution in [2.24, 2.45) is 23.3 Å². The molecule has 5 N–H and O–H groups in total. The number of primary amides is 1. The molecule has 0 aliphatic carbocycles. The predicted octanol–water partition coefficient (Wildman–Crippen LogP) is 1.16. The van der Waals surface area contributed by atoms with E-state index in [1.807, 2.05) is 0 Å². The maximum atomic E-state index is 13.9. The zero-order valence-electron chi connectivity index (χ0n) is 13.5. The van der Waals surface area contributed by atoms with Gasteiger partial charge < -0.3 is 15.6 Å². The summed E-state index contributed by atoms with van der Waals surface area (Å²) < 4.78 is 32.8. The number of amides is 1. The van der Waals surface area contributed by atoms with Crippen LogP contribution in [0.25, 0.3) is 0 Å². The van der Waals surface area contributed by atoms with Gasteiger partial charge in [-0.1, -0.05) is 44.2 Å². The summed E-state index contributed by atoms with van der Waals surface area (Å²) in [6.07, 6.45) is -0.205. The highest BCUT2D eigenvalue weighted by atomic mass is 19.3. The van der Waals surface area contributed by atoms with Crippen LogP contribution in [0.4, 0.5) is 8.78 Å². The van der Waals surface area contributed by atoms with Crippen LogP contribution in [0.5, 0.6) is 0 Å². The molecule has 0 aromatic heterocycles. The Kier molecular flexibility index (Phi) is 6.39. The Hall–Kier alpha value is -2.06. The maximum absolute atomic E-state index is 13.9. The van der Waals surface area contributed by atoms with Crippen LogP contribution in [0, 0.1) is 11.8 Å². The van der Waals surface area contributed by atoms with Crippen molar-refractivity contribution in [1.29, 1.82) is 0 Å². The number of aliphatic hydroxyl groups is 1. The Morgan fingerprint density at radius 2 is 1.79 bits per heavy atom. The largest absolute Gasteiger partial charge is 0.460 e. The van der Waals surface area contributed by atoms with Crippen LogP contribution in [-0.4, -0.2) is 28.6 Å². The molecule has 0 saturated heterocycles. The van der Waals surface area contributed by atoms with Crippen molar-refractivity contribution in [3.05, 3.63) is 35.9 Å². The second-order valence-electron chi connectivity index (χ2n) is 6.04. The van der Waals surface area contributed by atoms with E-state index in [2.05, 4.69) is 5.73 Å². The van der Waals surface area contributed by atoms with E-state index in [1.54, 1.807) is 44.2 Å². The Balaban J connectivity index is 2.99. The van der Waals surface area contributed by atoms with Gasteiger partial charge in [0.05, 0.1) is 0 Å². The number of rotatable bonds is 8. The number of benzene rings is 1. The van der Waals surface area contributed by atoms with Gasteiger partial charge in [-0.3, -0.25) is 15.3 Å². The molecule has 0 aliphatic rings. The molecule has 0 bridgehead atoms. The summed E-state index contributed by atoms with van der Waals surface area (Å²) in [5, 5.41) is 10.0. The summed E-state index contributed by atoms with van der Waals surface area (Å²) in [7, 11) is 0. The normalized spacial score (nSPS) is 15.6. The van der Waals surface area contributed by atoms with Gasteiger partial charge >= 0.3 is 11.9 Å². The van der Waals surface area contributed by atoms with E-state index in [-0.39, 0.29) is 18.9 Å². The van der Waals surface area contributed by atoms with Crippen molar-refractivity contribution in [2.75, 3.05) is 0 Å². The molecular weight excluding hydrogens is 322 g/mol. The van der Waals surface area contributed by atoms with Gasteiger partial charge in [0, 0.05) is 0 Å². The van der Waals surface area contributed by atoms with Crippen LogP contribution < -0.4 is 11.5 Å². The summed E-state index contributed by atoms with van der Waals surface area (Å²) in [5.41, 5.74) is 7.06. The van der Waals surface area contributed by atoms with Crippen LogP contribution in [0.3, 0.4) is 0 Å². The Bertz CT molecular complexity index is 577. The van der Waals surface area contributed by atoms with Crippen molar-refractivity contribution in [3.63, 3.8) is 0 Å². The van der Waals surface area contributed by atoms with Crippen LogP contribution in [0.15, 0.2) is 30.3 Å². The summed E-state index contributed by atoms with van der Waals surface area (Å²) in [5.74, 6) is -9.81. The molecule has 24 heavy (non-hydrogen) atoms. The summed E-state index contributed by atoms with van der Waals surface area (Å²) >= 11 is 0. The fraction of sp³-hybridized carbons (Fsp3) is 0.500. The molecule has 0 aliphatic heterocycles. The third-order valence-electron chi connectivity index (χ3n) is 3.56. The van der Waals surface area contributed by atoms with Crippen LogP contribution in [0.2, 0.25) is 0 Å². The summed E-state index contributed by atoms with van der Waals surface area (Å²) in [6.45, 7) is 3.12. The first-order valence-corrected chi connectivity index (χ1v) is 7.39. The van der Waals surface area contributed by atoms with E-state index in [0.29, 0.717) is 5.56 Å². The number of ether oxygens (including phenoxy) is 1. The zero-order valence-corrected chi connectivity index (χ0v) is 13.5. The average Bonchev–Trinajstić information content (AvgIpc) is 2.50. The van der Waals surface area contributed by atoms with Crippen LogP contribution in [-0.2, 0) is 20.9 Å². The van der Waals surface area contributed by atoms with Crippen LogP contribution >= 0.6 is 0 Å². The van der Waals surface area contributed by atoms with Gasteiger partial charge in [0.1, 0.15) is 12.5 Å². The Labute approximate surface area is 138 Å². The average molecular weight is 344 g/mol. The predicted molar refractivity (Wildman–Crippen MR) is 82.5 cm³/mol. The summed E-state index contributed by atoms with van der Waals surface area (Å²) in [4.78, 5) is 23.2. The molecule has 2 unspecified atom stereocenters. The third kappa shape index (κ3) is 4.48. The minimum Gasteiger partial charge on any atom is -0.460 e. The first-order valence-electron chi connectivity index (χ1n) is 7.39. The molecular formula is C16H22F2N2O4. The van der Waals surface area contributed by atoms with Gasteiger partial charge in [-0.05, 0) is 17.9 Å². The Morgan fingerprint density at radius 3 is 2.25 bits per heavy atom. The minimum atomic E-state index is -4.49. The van der Waals surface area contributed by atoms with E-state index in [9.17, 15) is 23.5 Å². The molecule has 1 aromatic rings. The quantitative estimate of drug-likeness (QED) is 0.483. The first kappa shape index (κ1) is 20.0. The fourth-order valence-electron chi connectivity index (χ4n) is 2.17. The van der Waals surface area contributed by atoms with Crippen molar-refractivity contribution >= 4 is 11.9 Å². The molecule has 2 atom stereocenters. The highest BCUT2D eigenvalue weighted by molar-refractivity contribution is 5.85. The maximum Gasteiger partial charge on any atom is 0.365 e. The number of esters is 1. The lowest BCUT2D eigenvalue weighted by Gasteiger charge is -2.36. The standard InChI is InChI=1S/C16H22F2N2O4/c1-10(2)8-12(16(20,23)15(17,18)14(19)22)13(21)24-9-11-6-4-3-5-7-11/h3-7,10,12,23H,8-9,20H2,1-2H3,(H2,19,22). The fourth-order valence-corrected chi connectivity index (χ4v) is 2.17. The van der Waals surface area contributed by atoms with Crippen molar-refractivity contribution in [3.8, 4) is 0 Å².